The number of aryl methyl sites for hydroxylation is 1. The molecule has 1 aromatic carbocycles. The number of halogens is 4. The molecule has 6 heteroatoms. The quantitative estimate of drug-likeness (QED) is 0.347. The summed E-state index contributed by atoms with van der Waals surface area (Å²) in [7, 11) is 0. The van der Waals surface area contributed by atoms with Gasteiger partial charge in [-0.1, -0.05) is 80.1 Å². The van der Waals surface area contributed by atoms with Gasteiger partial charge in [0.2, 0.25) is 0 Å². The van der Waals surface area contributed by atoms with Crippen LogP contribution in [0.15, 0.2) is 71.9 Å². The molecule has 0 fully saturated rings. The SMILES string of the molecule is CC1=CC=C2C=CC=CC2C1=N.Cc1ccc(C(C)C)cc1.[Cl-].[Cl-].[Cl-].[Cl-].[Ru+4]. The van der Waals surface area contributed by atoms with Crippen molar-refractivity contribution in [2.24, 2.45) is 5.92 Å². The fourth-order valence-electron chi connectivity index (χ4n) is 2.49. The van der Waals surface area contributed by atoms with Crippen molar-refractivity contribution in [1.29, 1.82) is 5.41 Å². The molecule has 150 valence electrons. The average molecular weight is 534 g/mol. The van der Waals surface area contributed by atoms with Crippen molar-refractivity contribution >= 4 is 5.71 Å². The van der Waals surface area contributed by atoms with Gasteiger partial charge in [-0.15, -0.1) is 0 Å². The van der Waals surface area contributed by atoms with Crippen LogP contribution in [-0.2, 0) is 19.5 Å². The maximum absolute atomic E-state index is 7.83. The molecular weight excluding hydrogens is 509 g/mol. The molecule has 0 spiro atoms. The average Bonchev–Trinajstić information content (AvgIpc) is 2.52. The van der Waals surface area contributed by atoms with Crippen LogP contribution in [0.1, 0.15) is 37.8 Å². The molecule has 0 amide bonds. The Labute approximate surface area is 201 Å². The van der Waals surface area contributed by atoms with Crippen LogP contribution in [0, 0.1) is 18.3 Å². The van der Waals surface area contributed by atoms with E-state index in [4.69, 9.17) is 5.41 Å². The Morgan fingerprint density at radius 3 is 1.93 bits per heavy atom. The fourth-order valence-corrected chi connectivity index (χ4v) is 2.49. The van der Waals surface area contributed by atoms with Gasteiger partial charge in [-0.3, -0.25) is 0 Å². The Kier molecular flexibility index (Phi) is 21.0. The third-order valence-electron chi connectivity index (χ3n) is 4.07. The maximum atomic E-state index is 7.83. The topological polar surface area (TPSA) is 23.9 Å². The summed E-state index contributed by atoms with van der Waals surface area (Å²) in [5.41, 5.74) is 5.79. The molecule has 0 saturated heterocycles. The van der Waals surface area contributed by atoms with Crippen molar-refractivity contribution in [2.45, 2.75) is 33.6 Å². The number of allylic oxidation sites excluding steroid dienone is 8. The summed E-state index contributed by atoms with van der Waals surface area (Å²) in [5, 5.41) is 7.83. The standard InChI is InChI=1S/C11H11N.C10H14.4ClH.Ru/c1-8-6-7-9-4-2-3-5-10(9)11(8)12;1-8(2)10-6-4-9(3)5-7-10;;;;;/h2-7,10,12H,1H3;4-8H,1-3H3;4*1H;/q;;;;;;+4/p-4. The van der Waals surface area contributed by atoms with Gasteiger partial charge in [-0.05, 0) is 36.5 Å². The van der Waals surface area contributed by atoms with Crippen molar-refractivity contribution in [2.75, 3.05) is 0 Å². The molecule has 1 atom stereocenters. The summed E-state index contributed by atoms with van der Waals surface area (Å²) in [6.45, 7) is 8.53. The van der Waals surface area contributed by atoms with E-state index in [0.717, 1.165) is 11.3 Å². The number of fused-ring (bicyclic) bond motifs is 1. The van der Waals surface area contributed by atoms with E-state index >= 15 is 0 Å². The zero-order valence-corrected chi connectivity index (χ0v) is 20.6. The van der Waals surface area contributed by atoms with Gasteiger partial charge in [0.1, 0.15) is 0 Å². The summed E-state index contributed by atoms with van der Waals surface area (Å²) in [4.78, 5) is 0. The van der Waals surface area contributed by atoms with Gasteiger partial charge in [0, 0.05) is 11.6 Å². The molecule has 0 radical (unpaired) electrons. The molecule has 2 aliphatic carbocycles. The first kappa shape index (κ1) is 34.2. The molecule has 27 heavy (non-hydrogen) atoms. The zero-order valence-electron chi connectivity index (χ0n) is 15.8. The van der Waals surface area contributed by atoms with Gasteiger partial charge < -0.3 is 55.0 Å². The minimum absolute atomic E-state index is 0. The molecule has 1 N–H and O–H groups in total. The van der Waals surface area contributed by atoms with Gasteiger partial charge in [-0.2, -0.15) is 0 Å². The Morgan fingerprint density at radius 2 is 1.41 bits per heavy atom. The van der Waals surface area contributed by atoms with Crippen molar-refractivity contribution in [3.63, 3.8) is 0 Å². The normalized spacial score (nSPS) is 15.6. The molecular formula is C21H25Cl4NRu. The van der Waals surface area contributed by atoms with Gasteiger partial charge in [0.15, 0.2) is 0 Å². The molecule has 1 aromatic rings. The van der Waals surface area contributed by atoms with E-state index in [1.165, 1.54) is 16.7 Å². The van der Waals surface area contributed by atoms with Crippen molar-refractivity contribution in [3.8, 4) is 0 Å². The predicted molar refractivity (Wildman–Crippen MR) is 96.6 cm³/mol. The molecule has 0 saturated carbocycles. The summed E-state index contributed by atoms with van der Waals surface area (Å²) >= 11 is 0. The van der Waals surface area contributed by atoms with Crippen LogP contribution < -0.4 is 49.6 Å². The van der Waals surface area contributed by atoms with Crippen LogP contribution in [0.5, 0.6) is 0 Å². The maximum Gasteiger partial charge on any atom is 4.00 e. The van der Waals surface area contributed by atoms with Gasteiger partial charge in [-0.25, -0.2) is 0 Å². The summed E-state index contributed by atoms with van der Waals surface area (Å²) in [6.07, 6.45) is 12.3. The van der Waals surface area contributed by atoms with Crippen LogP contribution in [0.4, 0.5) is 0 Å². The van der Waals surface area contributed by atoms with Crippen LogP contribution in [0.2, 0.25) is 0 Å². The number of hydrogen-bond donors (Lipinski definition) is 1. The number of nitrogens with one attached hydrogen (secondary N) is 1. The first-order valence-corrected chi connectivity index (χ1v) is 7.87. The Bertz CT molecular complexity index is 674. The predicted octanol–water partition coefficient (Wildman–Crippen LogP) is -6.23. The fraction of sp³-hybridized carbons (Fsp3) is 0.286. The summed E-state index contributed by atoms with van der Waals surface area (Å²) in [5.74, 6) is 0.862. The molecule has 2 aliphatic rings. The van der Waals surface area contributed by atoms with E-state index in [1.54, 1.807) is 0 Å². The van der Waals surface area contributed by atoms with E-state index in [-0.39, 0.29) is 75.0 Å². The number of benzene rings is 1. The van der Waals surface area contributed by atoms with Gasteiger partial charge >= 0.3 is 19.5 Å². The molecule has 0 bridgehead atoms. The zero-order chi connectivity index (χ0) is 16.1. The summed E-state index contributed by atoms with van der Waals surface area (Å²) < 4.78 is 0. The third-order valence-corrected chi connectivity index (χ3v) is 4.07. The molecule has 0 aromatic heterocycles. The Hall–Kier alpha value is -0.367. The van der Waals surface area contributed by atoms with Gasteiger partial charge in [0.05, 0.1) is 0 Å². The van der Waals surface area contributed by atoms with Crippen LogP contribution in [-0.4, -0.2) is 5.71 Å². The second-order valence-corrected chi connectivity index (χ2v) is 6.22. The van der Waals surface area contributed by atoms with Crippen LogP contribution in [0.3, 0.4) is 0 Å². The molecule has 1 nitrogen and oxygen atoms in total. The molecule has 0 aliphatic heterocycles. The monoisotopic (exact) mass is 533 g/mol. The van der Waals surface area contributed by atoms with E-state index in [2.05, 4.69) is 63.3 Å². The van der Waals surface area contributed by atoms with Crippen LogP contribution >= 0.6 is 0 Å². The smallest absolute Gasteiger partial charge is 1.00 e. The number of rotatable bonds is 1. The Balaban J connectivity index is -0.000000167. The summed E-state index contributed by atoms with van der Waals surface area (Å²) in [6, 6.07) is 8.71. The Morgan fingerprint density at radius 1 is 0.852 bits per heavy atom. The first-order chi connectivity index (χ1) is 10.5. The van der Waals surface area contributed by atoms with E-state index in [9.17, 15) is 0 Å². The minimum atomic E-state index is 0. The second kappa shape index (κ2) is 16.6. The minimum Gasteiger partial charge on any atom is -1.00 e. The van der Waals surface area contributed by atoms with Crippen molar-refractivity contribution in [3.05, 3.63) is 83.0 Å². The molecule has 1 unspecified atom stereocenters. The second-order valence-electron chi connectivity index (χ2n) is 6.22. The van der Waals surface area contributed by atoms with E-state index in [1.807, 2.05) is 25.2 Å². The molecule has 0 heterocycles. The van der Waals surface area contributed by atoms with E-state index in [0.29, 0.717) is 5.92 Å². The van der Waals surface area contributed by atoms with Crippen LogP contribution in [0.25, 0.3) is 0 Å². The molecule has 3 rings (SSSR count). The largest absolute Gasteiger partial charge is 4.00 e. The number of hydrogen-bond acceptors (Lipinski definition) is 1. The first-order valence-electron chi connectivity index (χ1n) is 7.87. The van der Waals surface area contributed by atoms with E-state index < -0.39 is 0 Å². The van der Waals surface area contributed by atoms with Crippen molar-refractivity contribution in [1.82, 2.24) is 0 Å². The van der Waals surface area contributed by atoms with Gasteiger partial charge in [0.25, 0.3) is 0 Å². The van der Waals surface area contributed by atoms with Crippen molar-refractivity contribution < 1.29 is 69.1 Å². The third kappa shape index (κ3) is 10.1.